The van der Waals surface area contributed by atoms with Gasteiger partial charge in [0.05, 0.1) is 17.5 Å². The highest BCUT2D eigenvalue weighted by molar-refractivity contribution is 7.91. The third-order valence-corrected chi connectivity index (χ3v) is 12.3. The second-order valence-electron chi connectivity index (χ2n) is 14.1. The number of pyridine rings is 1. The van der Waals surface area contributed by atoms with Gasteiger partial charge in [0.2, 0.25) is 21.8 Å². The average Bonchev–Trinajstić information content (AvgIpc) is 4.01. The van der Waals surface area contributed by atoms with Gasteiger partial charge in [0.1, 0.15) is 34.6 Å². The van der Waals surface area contributed by atoms with E-state index in [1.54, 1.807) is 30.3 Å². The fourth-order valence-corrected chi connectivity index (χ4v) is 8.76. The molecule has 2 aromatic heterocycles. The molecule has 266 valence electrons. The zero-order valence-electron chi connectivity index (χ0n) is 28.0. The minimum Gasteiger partial charge on any atom is -0.484 e. The number of ether oxygens (including phenoxy) is 1. The molecule has 13 heteroatoms. The van der Waals surface area contributed by atoms with Crippen LogP contribution in [0.5, 0.6) is 5.75 Å². The van der Waals surface area contributed by atoms with Gasteiger partial charge in [-0.15, -0.1) is 0 Å². The zero-order valence-corrected chi connectivity index (χ0v) is 28.8. The summed E-state index contributed by atoms with van der Waals surface area (Å²) in [4.78, 5) is 47.7. The van der Waals surface area contributed by atoms with Gasteiger partial charge in [0, 0.05) is 35.8 Å². The maximum Gasteiger partial charge on any atom is 0.259 e. The number of nitrogens with zero attached hydrogens (tertiary/aromatic N) is 2. The fraction of sp³-hybridized carbons (Fsp3) is 0.421. The second kappa shape index (κ2) is 13.1. The maximum absolute atomic E-state index is 15.0. The van der Waals surface area contributed by atoms with E-state index in [9.17, 15) is 22.8 Å². The number of aromatic nitrogens is 1. The average molecular weight is 715 g/mol. The monoisotopic (exact) mass is 714 g/mol. The largest absolute Gasteiger partial charge is 0.484 e. The van der Waals surface area contributed by atoms with Crippen LogP contribution in [0, 0.1) is 11.7 Å². The van der Waals surface area contributed by atoms with Crippen molar-refractivity contribution in [2.45, 2.75) is 87.1 Å². The Balaban J connectivity index is 1.11. The number of sulfonamides is 1. The molecule has 2 aliphatic carbocycles. The Morgan fingerprint density at radius 1 is 1.06 bits per heavy atom. The summed E-state index contributed by atoms with van der Waals surface area (Å²) >= 11 is 0. The van der Waals surface area contributed by atoms with Crippen LogP contribution in [-0.2, 0) is 24.4 Å². The molecule has 0 spiro atoms. The molecule has 2 N–H and O–H groups in total. The number of fused-ring (bicyclic) bond motifs is 5. The zero-order chi connectivity index (χ0) is 35.3. The summed E-state index contributed by atoms with van der Waals surface area (Å²) in [6.07, 6.45) is 8.97. The van der Waals surface area contributed by atoms with E-state index >= 15 is 4.39 Å². The molecule has 11 nitrogen and oxygen atoms in total. The molecule has 3 amide bonds. The van der Waals surface area contributed by atoms with Gasteiger partial charge in [-0.25, -0.2) is 17.8 Å². The molecule has 51 heavy (non-hydrogen) atoms. The van der Waals surface area contributed by atoms with Gasteiger partial charge in [-0.2, -0.15) is 0 Å². The van der Waals surface area contributed by atoms with Gasteiger partial charge in [0.25, 0.3) is 5.91 Å². The van der Waals surface area contributed by atoms with Crippen molar-refractivity contribution in [1.29, 1.82) is 0 Å². The van der Waals surface area contributed by atoms with Crippen LogP contribution < -0.4 is 14.8 Å². The molecule has 4 atom stereocenters. The van der Waals surface area contributed by atoms with Gasteiger partial charge in [-0.05, 0) is 62.8 Å². The number of amides is 3. The molecular formula is C38H39FN4O7S. The first-order chi connectivity index (χ1) is 24.6. The number of allylic oxidation sites excluding steroid dienone is 1. The lowest BCUT2D eigenvalue weighted by Crippen LogP contribution is -2.56. The van der Waals surface area contributed by atoms with E-state index in [1.807, 2.05) is 30.4 Å². The minimum absolute atomic E-state index is 0.0918. The van der Waals surface area contributed by atoms with E-state index in [1.165, 1.54) is 11.0 Å². The predicted molar refractivity (Wildman–Crippen MR) is 187 cm³/mol. The highest BCUT2D eigenvalue weighted by Gasteiger charge is 2.62. The van der Waals surface area contributed by atoms with Crippen LogP contribution >= 0.6 is 0 Å². The fourth-order valence-electron chi connectivity index (χ4n) is 7.40. The van der Waals surface area contributed by atoms with Crippen LogP contribution in [0.3, 0.4) is 0 Å². The van der Waals surface area contributed by atoms with Crippen molar-refractivity contribution < 1.29 is 36.3 Å². The standard InChI is InChI=1S/C38H39FN4O7S/c39-28-14-9-7-12-26(28)29-20-32(35-34(40-29)27-13-8-10-15-31(27)50-35)49-24-19-30-36(45)41-38(37(46)42-51(47,48)25-17-18-25)21-23(38)11-5-3-1-2-4-6-16-33(44)43(30)22-24/h5,7-15,20,23-25,30H,1-4,6,16-19,21-22H2,(H,41,45)(H,42,46)/b11-5-/t23-,24-,30+,38-/m1/s1. The van der Waals surface area contributed by atoms with Crippen molar-refractivity contribution in [2.75, 3.05) is 6.54 Å². The molecule has 0 bridgehead atoms. The molecule has 2 aromatic carbocycles. The van der Waals surface area contributed by atoms with Crippen molar-refractivity contribution >= 4 is 49.8 Å². The van der Waals surface area contributed by atoms with Crippen molar-refractivity contribution in [3.63, 3.8) is 0 Å². The quantitative estimate of drug-likeness (QED) is 0.248. The highest BCUT2D eigenvalue weighted by atomic mass is 32.2. The predicted octanol–water partition coefficient (Wildman–Crippen LogP) is 5.53. The molecule has 2 saturated carbocycles. The van der Waals surface area contributed by atoms with Gasteiger partial charge < -0.3 is 19.4 Å². The molecular weight excluding hydrogens is 676 g/mol. The summed E-state index contributed by atoms with van der Waals surface area (Å²) in [6.45, 7) is 0.0918. The summed E-state index contributed by atoms with van der Waals surface area (Å²) in [5.41, 5.74) is 0.601. The number of nitrogens with one attached hydrogen (secondary N) is 2. The summed E-state index contributed by atoms with van der Waals surface area (Å²) in [6, 6.07) is 14.3. The summed E-state index contributed by atoms with van der Waals surface area (Å²) < 4.78 is 55.5. The Morgan fingerprint density at radius 2 is 1.84 bits per heavy atom. The molecule has 2 aliphatic heterocycles. The van der Waals surface area contributed by atoms with Crippen molar-refractivity contribution in [2.24, 2.45) is 5.92 Å². The lowest BCUT2D eigenvalue weighted by atomic mass is 10.1. The van der Waals surface area contributed by atoms with Crippen LogP contribution in [0.2, 0.25) is 0 Å². The first-order valence-electron chi connectivity index (χ1n) is 17.7. The number of carbonyl (C=O) groups excluding carboxylic acids is 3. The van der Waals surface area contributed by atoms with Gasteiger partial charge in [-0.1, -0.05) is 49.3 Å². The summed E-state index contributed by atoms with van der Waals surface area (Å²) in [7, 11) is -3.85. The molecule has 4 heterocycles. The molecule has 4 aliphatic rings. The molecule has 8 rings (SSSR count). The molecule has 0 radical (unpaired) electrons. The van der Waals surface area contributed by atoms with E-state index in [0.717, 1.165) is 31.1 Å². The normalized spacial score (nSPS) is 26.5. The number of hydrogen-bond acceptors (Lipinski definition) is 8. The topological polar surface area (TPSA) is 148 Å². The number of para-hydroxylation sites is 1. The number of carbonyl (C=O) groups is 3. The van der Waals surface area contributed by atoms with Crippen molar-refractivity contribution in [3.05, 3.63) is 72.6 Å². The number of rotatable bonds is 6. The van der Waals surface area contributed by atoms with Crippen molar-refractivity contribution in [1.82, 2.24) is 19.9 Å². The van der Waals surface area contributed by atoms with E-state index in [0.29, 0.717) is 47.4 Å². The lowest BCUT2D eigenvalue weighted by molar-refractivity contribution is -0.139. The van der Waals surface area contributed by atoms with E-state index in [-0.39, 0.29) is 43.2 Å². The Bertz CT molecular complexity index is 2180. The minimum atomic E-state index is -3.85. The Morgan fingerprint density at radius 3 is 2.67 bits per heavy atom. The van der Waals surface area contributed by atoms with Crippen LogP contribution in [-0.4, -0.2) is 65.5 Å². The third kappa shape index (κ3) is 6.47. The van der Waals surface area contributed by atoms with Crippen molar-refractivity contribution in [3.8, 4) is 17.0 Å². The lowest BCUT2D eigenvalue weighted by Gasteiger charge is -2.26. The Labute approximate surface area is 294 Å². The van der Waals surface area contributed by atoms with Gasteiger partial charge in [-0.3, -0.25) is 19.1 Å². The first-order valence-corrected chi connectivity index (χ1v) is 19.3. The van der Waals surface area contributed by atoms with E-state index in [2.05, 4.69) is 10.0 Å². The number of halogens is 1. The molecule has 4 aromatic rings. The SMILES string of the molecule is O=C1N[C@]2(C(=O)NS(=O)(=O)C3CC3)C[C@H]2/C=C\CCCCCCC(=O)N2C[C@H](Oc3cc(-c4ccccc4F)nc4c3oc3ccccc34)C[C@@H]12. The van der Waals surface area contributed by atoms with E-state index in [4.69, 9.17) is 14.1 Å². The second-order valence-corrected chi connectivity index (χ2v) is 16.1. The maximum atomic E-state index is 15.0. The van der Waals surface area contributed by atoms with Crippen LogP contribution in [0.25, 0.3) is 33.3 Å². The molecule has 1 saturated heterocycles. The van der Waals surface area contributed by atoms with Crippen LogP contribution in [0.15, 0.2) is 71.2 Å². The smallest absolute Gasteiger partial charge is 0.259 e. The summed E-state index contributed by atoms with van der Waals surface area (Å²) in [5, 5.41) is 3.02. The first kappa shape index (κ1) is 33.4. The number of furan rings is 1. The van der Waals surface area contributed by atoms with E-state index < -0.39 is 50.6 Å². The molecule has 3 fully saturated rings. The van der Waals surface area contributed by atoms with Gasteiger partial charge in [0.15, 0.2) is 11.3 Å². The third-order valence-electron chi connectivity index (χ3n) is 10.5. The van der Waals surface area contributed by atoms with Crippen LogP contribution in [0.1, 0.15) is 64.2 Å². The Hall–Kier alpha value is -4.78. The summed E-state index contributed by atoms with van der Waals surface area (Å²) in [5.74, 6) is -2.04. The molecule has 0 unspecified atom stereocenters. The Kier molecular flexibility index (Phi) is 8.56. The highest BCUT2D eigenvalue weighted by Crippen LogP contribution is 2.46. The van der Waals surface area contributed by atoms with Gasteiger partial charge >= 0.3 is 0 Å². The number of benzene rings is 2. The number of hydrogen-bond donors (Lipinski definition) is 2. The van der Waals surface area contributed by atoms with Crippen LogP contribution in [0.4, 0.5) is 4.39 Å².